The maximum absolute atomic E-state index is 12.4. The van der Waals surface area contributed by atoms with Crippen molar-refractivity contribution in [3.05, 3.63) is 34.1 Å². The summed E-state index contributed by atoms with van der Waals surface area (Å²) in [5, 5.41) is 10.8. The van der Waals surface area contributed by atoms with Crippen LogP contribution in [-0.2, 0) is 5.54 Å². The van der Waals surface area contributed by atoms with Gasteiger partial charge in [0.2, 0.25) is 0 Å². The number of nitrogens with zero attached hydrogens (tertiary/aromatic N) is 2. The Bertz CT molecular complexity index is 585. The molecule has 0 radical (unpaired) electrons. The molecule has 3 rings (SSSR count). The van der Waals surface area contributed by atoms with E-state index >= 15 is 0 Å². The molecule has 0 unspecified atom stereocenters. The highest BCUT2D eigenvalue weighted by Crippen LogP contribution is 2.36. The van der Waals surface area contributed by atoms with E-state index in [2.05, 4.69) is 15.5 Å². The summed E-state index contributed by atoms with van der Waals surface area (Å²) in [5.74, 6) is 1.08. The highest BCUT2D eigenvalue weighted by molar-refractivity contribution is 7.08. The number of nitrogens with one attached hydrogen (secondary N) is 1. The lowest BCUT2D eigenvalue weighted by molar-refractivity contribution is 0.0825. The van der Waals surface area contributed by atoms with Crippen molar-refractivity contribution in [2.24, 2.45) is 0 Å². The Morgan fingerprint density at radius 1 is 1.40 bits per heavy atom. The van der Waals surface area contributed by atoms with Gasteiger partial charge in [0.15, 0.2) is 5.82 Å². The number of aryl methyl sites for hydroxylation is 1. The molecule has 0 spiro atoms. The fourth-order valence-corrected chi connectivity index (χ4v) is 3.36. The topological polar surface area (TPSA) is 68.0 Å². The predicted molar refractivity (Wildman–Crippen MR) is 75.6 cm³/mol. The minimum Gasteiger partial charge on any atom is -0.338 e. The van der Waals surface area contributed by atoms with Gasteiger partial charge in [-0.3, -0.25) is 4.79 Å². The van der Waals surface area contributed by atoms with Gasteiger partial charge in [-0.05, 0) is 31.2 Å². The van der Waals surface area contributed by atoms with Gasteiger partial charge in [-0.25, -0.2) is 0 Å². The quantitative estimate of drug-likeness (QED) is 0.943. The summed E-state index contributed by atoms with van der Waals surface area (Å²) < 4.78 is 5.35. The number of carbonyl (C=O) groups is 1. The molecule has 1 saturated carbocycles. The van der Waals surface area contributed by atoms with Crippen LogP contribution in [0.3, 0.4) is 0 Å². The number of hydrogen-bond acceptors (Lipinski definition) is 5. The summed E-state index contributed by atoms with van der Waals surface area (Å²) in [5.41, 5.74) is 0.189. The van der Waals surface area contributed by atoms with Crippen LogP contribution >= 0.6 is 11.3 Å². The minimum absolute atomic E-state index is 0.0657. The van der Waals surface area contributed by atoms with Crippen molar-refractivity contribution < 1.29 is 9.32 Å². The number of aromatic nitrogens is 2. The SMILES string of the molecule is Cc1noc(C2(NC(=O)c3ccsc3)CCCCC2)n1. The summed E-state index contributed by atoms with van der Waals surface area (Å²) in [4.78, 5) is 16.7. The Balaban J connectivity index is 1.88. The van der Waals surface area contributed by atoms with E-state index in [0.717, 1.165) is 25.7 Å². The van der Waals surface area contributed by atoms with Crippen LogP contribution in [0.4, 0.5) is 0 Å². The standard InChI is InChI=1S/C14H17N3O2S/c1-10-15-13(19-17-10)14(6-3-2-4-7-14)16-12(18)11-5-8-20-9-11/h5,8-9H,2-4,6-7H2,1H3,(H,16,18). The Morgan fingerprint density at radius 3 is 2.80 bits per heavy atom. The van der Waals surface area contributed by atoms with E-state index in [9.17, 15) is 4.79 Å². The smallest absolute Gasteiger partial charge is 0.252 e. The van der Waals surface area contributed by atoms with Crippen LogP contribution in [0.15, 0.2) is 21.3 Å². The molecular formula is C14H17N3O2S. The third kappa shape index (κ3) is 2.47. The highest BCUT2D eigenvalue weighted by Gasteiger charge is 2.40. The van der Waals surface area contributed by atoms with Crippen LogP contribution < -0.4 is 5.32 Å². The van der Waals surface area contributed by atoms with Crippen molar-refractivity contribution in [2.75, 3.05) is 0 Å². The van der Waals surface area contributed by atoms with Gasteiger partial charge in [-0.1, -0.05) is 24.4 Å². The van der Waals surface area contributed by atoms with Gasteiger partial charge in [0.25, 0.3) is 11.8 Å². The molecule has 1 amide bonds. The largest absolute Gasteiger partial charge is 0.338 e. The number of amides is 1. The maximum atomic E-state index is 12.4. The van der Waals surface area contributed by atoms with Crippen molar-refractivity contribution in [3.63, 3.8) is 0 Å². The van der Waals surface area contributed by atoms with Crippen molar-refractivity contribution >= 4 is 17.2 Å². The molecule has 1 N–H and O–H groups in total. The molecule has 0 saturated heterocycles. The van der Waals surface area contributed by atoms with E-state index in [1.54, 1.807) is 6.92 Å². The fourth-order valence-electron chi connectivity index (χ4n) is 2.72. The van der Waals surface area contributed by atoms with Gasteiger partial charge in [-0.2, -0.15) is 16.3 Å². The zero-order chi connectivity index (χ0) is 14.0. The van der Waals surface area contributed by atoms with Crippen LogP contribution in [0.5, 0.6) is 0 Å². The molecule has 1 fully saturated rings. The Hall–Kier alpha value is -1.69. The molecule has 0 aliphatic heterocycles. The molecule has 2 aromatic heterocycles. The van der Waals surface area contributed by atoms with E-state index in [4.69, 9.17) is 4.52 Å². The maximum Gasteiger partial charge on any atom is 0.252 e. The Labute approximate surface area is 121 Å². The van der Waals surface area contributed by atoms with Crippen LogP contribution in [-0.4, -0.2) is 16.0 Å². The van der Waals surface area contributed by atoms with Gasteiger partial charge in [0, 0.05) is 5.38 Å². The van der Waals surface area contributed by atoms with Gasteiger partial charge in [0.1, 0.15) is 5.54 Å². The molecule has 1 aliphatic carbocycles. The molecule has 0 atom stereocenters. The molecule has 2 aromatic rings. The minimum atomic E-state index is -0.501. The normalized spacial score (nSPS) is 17.9. The van der Waals surface area contributed by atoms with Gasteiger partial charge in [-0.15, -0.1) is 0 Å². The summed E-state index contributed by atoms with van der Waals surface area (Å²) in [7, 11) is 0. The van der Waals surface area contributed by atoms with Gasteiger partial charge in [0.05, 0.1) is 5.56 Å². The zero-order valence-electron chi connectivity index (χ0n) is 11.4. The lowest BCUT2D eigenvalue weighted by Crippen LogP contribution is -2.47. The average molecular weight is 291 g/mol. The average Bonchev–Trinajstić information content (AvgIpc) is 3.10. The number of rotatable bonds is 3. The lowest BCUT2D eigenvalue weighted by atomic mass is 9.81. The van der Waals surface area contributed by atoms with Crippen LogP contribution in [0.25, 0.3) is 0 Å². The van der Waals surface area contributed by atoms with E-state index in [-0.39, 0.29) is 5.91 Å². The fraction of sp³-hybridized carbons (Fsp3) is 0.500. The first-order valence-electron chi connectivity index (χ1n) is 6.85. The summed E-state index contributed by atoms with van der Waals surface area (Å²) in [6, 6.07) is 1.83. The van der Waals surface area contributed by atoms with Gasteiger partial charge < -0.3 is 9.84 Å². The molecule has 106 valence electrons. The first-order valence-corrected chi connectivity index (χ1v) is 7.79. The van der Waals surface area contributed by atoms with Crippen LogP contribution in [0, 0.1) is 6.92 Å². The number of carbonyl (C=O) groups excluding carboxylic acids is 1. The number of hydrogen-bond donors (Lipinski definition) is 1. The first kappa shape index (κ1) is 13.3. The van der Waals surface area contributed by atoms with Crippen LogP contribution in [0.2, 0.25) is 0 Å². The Morgan fingerprint density at radius 2 is 2.20 bits per heavy atom. The van der Waals surface area contributed by atoms with Crippen molar-refractivity contribution in [1.82, 2.24) is 15.5 Å². The van der Waals surface area contributed by atoms with Crippen molar-refractivity contribution in [3.8, 4) is 0 Å². The molecular weight excluding hydrogens is 274 g/mol. The lowest BCUT2D eigenvalue weighted by Gasteiger charge is -2.34. The predicted octanol–water partition coefficient (Wildman–Crippen LogP) is 3.03. The second kappa shape index (κ2) is 5.36. The molecule has 5 nitrogen and oxygen atoms in total. The second-order valence-electron chi connectivity index (χ2n) is 5.26. The van der Waals surface area contributed by atoms with E-state index in [0.29, 0.717) is 17.3 Å². The molecule has 6 heteroatoms. The molecule has 0 aromatic carbocycles. The highest BCUT2D eigenvalue weighted by atomic mass is 32.1. The van der Waals surface area contributed by atoms with Crippen molar-refractivity contribution in [1.29, 1.82) is 0 Å². The summed E-state index contributed by atoms with van der Waals surface area (Å²) in [6.45, 7) is 1.80. The number of thiophene rings is 1. The molecule has 20 heavy (non-hydrogen) atoms. The summed E-state index contributed by atoms with van der Waals surface area (Å²) >= 11 is 1.52. The van der Waals surface area contributed by atoms with E-state index in [1.807, 2.05) is 16.8 Å². The Kier molecular flexibility index (Phi) is 3.56. The van der Waals surface area contributed by atoms with Crippen LogP contribution in [0.1, 0.15) is 54.2 Å². The van der Waals surface area contributed by atoms with Gasteiger partial charge >= 0.3 is 0 Å². The van der Waals surface area contributed by atoms with E-state index in [1.165, 1.54) is 17.8 Å². The molecule has 1 aliphatic rings. The summed E-state index contributed by atoms with van der Waals surface area (Å²) in [6.07, 6.45) is 5.01. The zero-order valence-corrected chi connectivity index (χ0v) is 12.2. The molecule has 2 heterocycles. The second-order valence-corrected chi connectivity index (χ2v) is 6.04. The molecule has 0 bridgehead atoms. The van der Waals surface area contributed by atoms with Crippen molar-refractivity contribution in [2.45, 2.75) is 44.6 Å². The van der Waals surface area contributed by atoms with E-state index < -0.39 is 5.54 Å². The third-order valence-corrected chi connectivity index (χ3v) is 4.46. The first-order chi connectivity index (χ1) is 9.70. The third-order valence-electron chi connectivity index (χ3n) is 3.78. The monoisotopic (exact) mass is 291 g/mol.